The lowest BCUT2D eigenvalue weighted by Crippen LogP contribution is -2.15. The Morgan fingerprint density at radius 2 is 1.19 bits per heavy atom. The Hall–Kier alpha value is -3.60. The van der Waals surface area contributed by atoms with Crippen molar-refractivity contribution in [2.24, 2.45) is 0 Å². The van der Waals surface area contributed by atoms with Crippen LogP contribution in [0.25, 0.3) is 22.2 Å². The van der Waals surface area contributed by atoms with Gasteiger partial charge in [-0.15, -0.1) is 0 Å². The molecule has 0 spiro atoms. The predicted molar refractivity (Wildman–Crippen MR) is 130 cm³/mol. The molecule has 0 bridgehead atoms. The van der Waals surface area contributed by atoms with Crippen LogP contribution in [-0.4, -0.2) is 19.3 Å². The molecule has 0 saturated heterocycles. The maximum Gasteiger partial charge on any atom is 0.492 e. The van der Waals surface area contributed by atoms with Crippen molar-refractivity contribution in [3.63, 3.8) is 0 Å². The first-order valence-corrected chi connectivity index (χ1v) is 10.7. The number of rotatable bonds is 5. The fourth-order valence-electron chi connectivity index (χ4n) is 4.26. The highest BCUT2D eigenvalue weighted by Crippen LogP contribution is 2.46. The molecule has 1 aliphatic heterocycles. The van der Waals surface area contributed by atoms with Gasteiger partial charge >= 0.3 is 7.12 Å². The van der Waals surface area contributed by atoms with Gasteiger partial charge in [0.15, 0.2) is 0 Å². The Balaban J connectivity index is 1.62. The van der Waals surface area contributed by atoms with Gasteiger partial charge in [-0.25, -0.2) is 0 Å². The Kier molecular flexibility index (Phi) is 5.63. The molecule has 0 aromatic heterocycles. The average Bonchev–Trinajstić information content (AvgIpc) is 3.22. The fourth-order valence-corrected chi connectivity index (χ4v) is 4.26. The van der Waals surface area contributed by atoms with Gasteiger partial charge in [-0.3, -0.25) is 0 Å². The van der Waals surface area contributed by atoms with E-state index in [0.29, 0.717) is 0 Å². The van der Waals surface area contributed by atoms with Crippen LogP contribution in [0.3, 0.4) is 0 Å². The van der Waals surface area contributed by atoms with Crippen molar-refractivity contribution < 1.29 is 14.4 Å². The summed E-state index contributed by atoms with van der Waals surface area (Å²) in [7, 11) is 0.645. The molecular weight excluding hydrogens is 395 g/mol. The lowest BCUT2D eigenvalue weighted by atomic mass is 9.72. The molecule has 1 heterocycles. The molecule has 0 fully saturated rings. The minimum absolute atomic E-state index is 0.381. The SMILES string of the molecule is COc1ccc(C2OB(O)C(c3ccccc3)=C2c2ccc(-c3ccccc3)cc2)cc1. The summed E-state index contributed by atoms with van der Waals surface area (Å²) >= 11 is 0. The van der Waals surface area contributed by atoms with E-state index in [1.807, 2.05) is 72.8 Å². The monoisotopic (exact) mass is 418 g/mol. The van der Waals surface area contributed by atoms with E-state index in [9.17, 15) is 5.02 Å². The fraction of sp³-hybridized carbons (Fsp3) is 0.0714. The van der Waals surface area contributed by atoms with Crippen LogP contribution in [0.5, 0.6) is 5.75 Å². The summed E-state index contributed by atoms with van der Waals surface area (Å²) in [5.74, 6) is 0.785. The van der Waals surface area contributed by atoms with Crippen LogP contribution in [-0.2, 0) is 4.65 Å². The highest BCUT2D eigenvalue weighted by atomic mass is 16.5. The van der Waals surface area contributed by atoms with E-state index in [-0.39, 0.29) is 6.10 Å². The maximum absolute atomic E-state index is 10.9. The second-order valence-corrected chi connectivity index (χ2v) is 7.78. The van der Waals surface area contributed by atoms with Gasteiger partial charge in [0, 0.05) is 0 Å². The lowest BCUT2D eigenvalue weighted by molar-refractivity contribution is 0.236. The number of hydrogen-bond donors (Lipinski definition) is 1. The smallest absolute Gasteiger partial charge is 0.492 e. The van der Waals surface area contributed by atoms with E-state index in [0.717, 1.165) is 39.0 Å². The highest BCUT2D eigenvalue weighted by molar-refractivity contribution is 6.71. The Labute approximate surface area is 188 Å². The van der Waals surface area contributed by atoms with E-state index < -0.39 is 7.12 Å². The predicted octanol–water partition coefficient (Wildman–Crippen LogP) is 6.06. The summed E-state index contributed by atoms with van der Waals surface area (Å²) in [5.41, 5.74) is 7.06. The summed E-state index contributed by atoms with van der Waals surface area (Å²) in [4.78, 5) is 0. The Morgan fingerprint density at radius 1 is 0.656 bits per heavy atom. The van der Waals surface area contributed by atoms with Crippen LogP contribution in [0, 0.1) is 0 Å². The van der Waals surface area contributed by atoms with E-state index in [4.69, 9.17) is 9.39 Å². The molecule has 0 radical (unpaired) electrons. The molecule has 1 N–H and O–H groups in total. The summed E-state index contributed by atoms with van der Waals surface area (Å²) in [5, 5.41) is 10.9. The van der Waals surface area contributed by atoms with Gasteiger partial charge in [-0.2, -0.15) is 0 Å². The van der Waals surface area contributed by atoms with Crippen LogP contribution in [0.15, 0.2) is 109 Å². The average molecular weight is 418 g/mol. The van der Waals surface area contributed by atoms with Gasteiger partial charge in [0.05, 0.1) is 13.2 Å². The molecule has 0 amide bonds. The minimum atomic E-state index is -1.01. The topological polar surface area (TPSA) is 38.7 Å². The van der Waals surface area contributed by atoms with E-state index in [1.165, 1.54) is 5.56 Å². The second kappa shape index (κ2) is 8.87. The zero-order valence-electron chi connectivity index (χ0n) is 17.8. The van der Waals surface area contributed by atoms with Gasteiger partial charge in [-0.1, -0.05) is 97.1 Å². The third kappa shape index (κ3) is 3.86. The van der Waals surface area contributed by atoms with Crippen LogP contribution >= 0.6 is 0 Å². The van der Waals surface area contributed by atoms with Crippen molar-refractivity contribution >= 4 is 18.2 Å². The quantitative estimate of drug-likeness (QED) is 0.400. The number of benzene rings is 4. The number of ether oxygens (including phenoxy) is 1. The summed E-state index contributed by atoms with van der Waals surface area (Å²) in [6, 6.07) is 36.5. The van der Waals surface area contributed by atoms with Crippen molar-refractivity contribution in [2.75, 3.05) is 7.11 Å². The van der Waals surface area contributed by atoms with Crippen LogP contribution in [0.2, 0.25) is 0 Å². The molecule has 32 heavy (non-hydrogen) atoms. The van der Waals surface area contributed by atoms with Crippen LogP contribution in [0.4, 0.5) is 0 Å². The molecule has 156 valence electrons. The van der Waals surface area contributed by atoms with E-state index in [1.54, 1.807) is 7.11 Å². The largest absolute Gasteiger partial charge is 0.497 e. The molecule has 3 nitrogen and oxygen atoms in total. The molecular formula is C28H23BO3. The summed E-state index contributed by atoms with van der Waals surface area (Å²) in [6.45, 7) is 0. The molecule has 4 aromatic carbocycles. The zero-order chi connectivity index (χ0) is 21.9. The first kappa shape index (κ1) is 20.3. The molecule has 4 aromatic rings. The number of hydrogen-bond acceptors (Lipinski definition) is 3. The molecule has 5 rings (SSSR count). The molecule has 1 unspecified atom stereocenters. The third-order valence-corrected chi connectivity index (χ3v) is 5.87. The maximum atomic E-state index is 10.9. The Morgan fingerprint density at radius 3 is 1.78 bits per heavy atom. The number of methoxy groups -OCH3 is 1. The van der Waals surface area contributed by atoms with Crippen LogP contribution in [0.1, 0.15) is 22.8 Å². The first-order chi connectivity index (χ1) is 15.7. The highest BCUT2D eigenvalue weighted by Gasteiger charge is 2.39. The first-order valence-electron chi connectivity index (χ1n) is 10.7. The van der Waals surface area contributed by atoms with Crippen molar-refractivity contribution in [2.45, 2.75) is 6.10 Å². The van der Waals surface area contributed by atoms with Gasteiger partial charge in [0.2, 0.25) is 0 Å². The van der Waals surface area contributed by atoms with Gasteiger partial charge < -0.3 is 14.4 Å². The minimum Gasteiger partial charge on any atom is -0.497 e. The van der Waals surface area contributed by atoms with Gasteiger partial charge in [0.25, 0.3) is 0 Å². The van der Waals surface area contributed by atoms with Crippen molar-refractivity contribution in [1.29, 1.82) is 0 Å². The molecule has 4 heteroatoms. The molecule has 0 aliphatic carbocycles. The second-order valence-electron chi connectivity index (χ2n) is 7.78. The van der Waals surface area contributed by atoms with Crippen LogP contribution < -0.4 is 4.74 Å². The zero-order valence-corrected chi connectivity index (χ0v) is 17.8. The Bertz CT molecular complexity index is 1220. The summed E-state index contributed by atoms with van der Waals surface area (Å²) < 4.78 is 11.4. The van der Waals surface area contributed by atoms with Crippen molar-refractivity contribution in [3.05, 3.63) is 126 Å². The van der Waals surface area contributed by atoms with Gasteiger partial charge in [0.1, 0.15) is 5.75 Å². The van der Waals surface area contributed by atoms with Gasteiger partial charge in [-0.05, 0) is 51.0 Å². The standard InChI is InChI=1S/C28H23BO3/c1-31-25-18-16-24(17-19-25)28-26(27(29(30)32-28)23-10-6-3-7-11-23)22-14-12-21(13-15-22)20-8-4-2-5-9-20/h2-19,28,30H,1H3. The third-order valence-electron chi connectivity index (χ3n) is 5.87. The summed E-state index contributed by atoms with van der Waals surface area (Å²) in [6.07, 6.45) is -0.381. The molecule has 1 aliphatic rings. The molecule has 0 saturated carbocycles. The van der Waals surface area contributed by atoms with E-state index >= 15 is 0 Å². The lowest BCUT2D eigenvalue weighted by Gasteiger charge is -2.18. The van der Waals surface area contributed by atoms with Crippen molar-refractivity contribution in [3.8, 4) is 16.9 Å². The van der Waals surface area contributed by atoms with E-state index in [2.05, 4.69) is 36.4 Å². The normalized spacial score (nSPS) is 15.8. The van der Waals surface area contributed by atoms with Crippen molar-refractivity contribution in [1.82, 2.24) is 0 Å². The molecule has 1 atom stereocenters.